The predicted octanol–water partition coefficient (Wildman–Crippen LogP) is 1.57. The van der Waals surface area contributed by atoms with Gasteiger partial charge in [0.25, 0.3) is 0 Å². The van der Waals surface area contributed by atoms with Crippen LogP contribution >= 0.6 is 0 Å². The number of carbonyl (C=O) groups is 1. The van der Waals surface area contributed by atoms with Crippen molar-refractivity contribution in [2.24, 2.45) is 5.41 Å². The Morgan fingerprint density at radius 2 is 2.15 bits per heavy atom. The van der Waals surface area contributed by atoms with Crippen molar-refractivity contribution in [1.29, 1.82) is 0 Å². The summed E-state index contributed by atoms with van der Waals surface area (Å²) in [5, 5.41) is 13.3. The Hall–Kier alpha value is -2.38. The summed E-state index contributed by atoms with van der Waals surface area (Å²) in [7, 11) is 0. The molecule has 4 heterocycles. The lowest BCUT2D eigenvalue weighted by Gasteiger charge is -2.48. The first kappa shape index (κ1) is 17.1. The van der Waals surface area contributed by atoms with Gasteiger partial charge in [0.1, 0.15) is 5.69 Å². The van der Waals surface area contributed by atoms with Crippen LogP contribution in [-0.4, -0.2) is 56.6 Å². The molecule has 7 heteroatoms. The number of hydrogen-bond donors (Lipinski definition) is 2. The molecular weight excluding hydrogens is 330 g/mol. The number of carboxylic acids is 1. The van der Waals surface area contributed by atoms with E-state index in [2.05, 4.69) is 25.2 Å². The molecule has 2 aromatic heterocycles. The molecule has 26 heavy (non-hydrogen) atoms. The second-order valence-electron chi connectivity index (χ2n) is 7.20. The fourth-order valence-electron chi connectivity index (χ4n) is 4.19. The van der Waals surface area contributed by atoms with E-state index >= 15 is 0 Å². The molecule has 0 aliphatic carbocycles. The first-order valence-electron chi connectivity index (χ1n) is 9.09. The van der Waals surface area contributed by atoms with E-state index in [1.54, 1.807) is 6.20 Å². The van der Waals surface area contributed by atoms with Gasteiger partial charge in [-0.05, 0) is 37.9 Å². The average molecular weight is 353 g/mol. The molecule has 2 aliphatic rings. The van der Waals surface area contributed by atoms with E-state index in [4.69, 9.17) is 0 Å². The van der Waals surface area contributed by atoms with Gasteiger partial charge in [0, 0.05) is 49.8 Å². The third-order valence-electron chi connectivity index (χ3n) is 5.53. The number of nitrogens with zero attached hydrogens (tertiary/aromatic N) is 4. The van der Waals surface area contributed by atoms with Gasteiger partial charge in [0.15, 0.2) is 5.82 Å². The summed E-state index contributed by atoms with van der Waals surface area (Å²) in [6.45, 7) is 3.05. The molecule has 0 bridgehead atoms. The maximum absolute atomic E-state index is 12.0. The van der Waals surface area contributed by atoms with Crippen LogP contribution in [0.5, 0.6) is 0 Å². The van der Waals surface area contributed by atoms with Gasteiger partial charge in [-0.15, -0.1) is 0 Å². The lowest BCUT2D eigenvalue weighted by molar-refractivity contribution is -0.157. The summed E-state index contributed by atoms with van der Waals surface area (Å²) in [6, 6.07) is 5.73. The van der Waals surface area contributed by atoms with Crippen LogP contribution in [-0.2, 0) is 11.3 Å². The van der Waals surface area contributed by atoms with E-state index in [-0.39, 0.29) is 6.04 Å². The van der Waals surface area contributed by atoms with Gasteiger partial charge in [-0.1, -0.05) is 6.07 Å². The molecular formula is C19H23N5O2. The molecule has 0 aromatic carbocycles. The molecule has 2 aromatic rings. The van der Waals surface area contributed by atoms with E-state index in [9.17, 15) is 9.90 Å². The summed E-state index contributed by atoms with van der Waals surface area (Å²) in [5.74, 6) is -0.0762. The number of piperidine rings is 2. The minimum absolute atomic E-state index is 0.0766. The molecule has 2 saturated heterocycles. The first-order chi connectivity index (χ1) is 12.7. The average Bonchev–Trinajstić information content (AvgIpc) is 2.69. The van der Waals surface area contributed by atoms with Crippen molar-refractivity contribution in [3.63, 3.8) is 0 Å². The Balaban J connectivity index is 1.46. The summed E-state index contributed by atoms with van der Waals surface area (Å²) in [5.41, 5.74) is 1.07. The number of fused-ring (bicyclic) bond motifs is 1. The third-order valence-corrected chi connectivity index (χ3v) is 5.53. The first-order valence-corrected chi connectivity index (χ1v) is 9.09. The maximum Gasteiger partial charge on any atom is 0.312 e. The monoisotopic (exact) mass is 353 g/mol. The van der Waals surface area contributed by atoms with Gasteiger partial charge >= 0.3 is 5.97 Å². The lowest BCUT2D eigenvalue weighted by atomic mass is 9.70. The fourth-order valence-corrected chi connectivity index (χ4v) is 4.19. The zero-order valence-electron chi connectivity index (χ0n) is 14.6. The highest BCUT2D eigenvalue weighted by atomic mass is 16.4. The summed E-state index contributed by atoms with van der Waals surface area (Å²) >= 11 is 0. The highest BCUT2D eigenvalue weighted by molar-refractivity contribution is 5.76. The maximum atomic E-state index is 12.0. The number of aliphatic carboxylic acids is 1. The standard InChI is InChI=1S/C19H23N5O2/c25-18(26)19-6-3-8-21-16(19)5-9-24(13-19)12-14-10-22-17(23-11-14)15-4-1-2-7-20-15/h1-2,4,7,10-11,16,21H,3,5-6,8-9,12-13H2,(H,25,26). The van der Waals surface area contributed by atoms with Crippen LogP contribution in [0.2, 0.25) is 0 Å². The molecule has 2 unspecified atom stereocenters. The fraction of sp³-hybridized carbons (Fsp3) is 0.474. The van der Waals surface area contributed by atoms with Crippen molar-refractivity contribution in [3.8, 4) is 11.5 Å². The van der Waals surface area contributed by atoms with Gasteiger partial charge < -0.3 is 10.4 Å². The van der Waals surface area contributed by atoms with Crippen molar-refractivity contribution >= 4 is 5.97 Å². The minimum atomic E-state index is -0.679. The third kappa shape index (κ3) is 3.20. The highest BCUT2D eigenvalue weighted by Gasteiger charge is 2.50. The van der Waals surface area contributed by atoms with E-state index in [1.165, 1.54) is 0 Å². The van der Waals surface area contributed by atoms with Crippen molar-refractivity contribution in [2.75, 3.05) is 19.6 Å². The smallest absolute Gasteiger partial charge is 0.312 e. The van der Waals surface area contributed by atoms with E-state index in [0.717, 1.165) is 43.6 Å². The Morgan fingerprint density at radius 1 is 1.31 bits per heavy atom. The molecule has 0 amide bonds. The van der Waals surface area contributed by atoms with Gasteiger partial charge in [-0.3, -0.25) is 14.7 Å². The predicted molar refractivity (Wildman–Crippen MR) is 96.3 cm³/mol. The van der Waals surface area contributed by atoms with Gasteiger partial charge in [-0.2, -0.15) is 0 Å². The molecule has 2 aliphatic heterocycles. The van der Waals surface area contributed by atoms with Crippen LogP contribution in [0.25, 0.3) is 11.5 Å². The normalized spacial score (nSPS) is 26.2. The van der Waals surface area contributed by atoms with Crippen LogP contribution < -0.4 is 5.32 Å². The summed E-state index contributed by atoms with van der Waals surface area (Å²) in [4.78, 5) is 27.3. The highest BCUT2D eigenvalue weighted by Crippen LogP contribution is 2.38. The van der Waals surface area contributed by atoms with E-state index in [0.29, 0.717) is 18.9 Å². The molecule has 136 valence electrons. The Kier molecular flexibility index (Phi) is 4.65. The summed E-state index contributed by atoms with van der Waals surface area (Å²) in [6.07, 6.45) is 7.87. The zero-order valence-corrected chi connectivity index (χ0v) is 14.6. The topological polar surface area (TPSA) is 91.2 Å². The van der Waals surface area contributed by atoms with Crippen LogP contribution in [0.1, 0.15) is 24.8 Å². The van der Waals surface area contributed by atoms with Crippen LogP contribution in [0.15, 0.2) is 36.8 Å². The largest absolute Gasteiger partial charge is 0.481 e. The van der Waals surface area contributed by atoms with Crippen LogP contribution in [0.4, 0.5) is 0 Å². The number of likely N-dealkylation sites (tertiary alicyclic amines) is 1. The molecule has 7 nitrogen and oxygen atoms in total. The second kappa shape index (κ2) is 7.09. The quantitative estimate of drug-likeness (QED) is 0.862. The second-order valence-corrected chi connectivity index (χ2v) is 7.20. The van der Waals surface area contributed by atoms with Crippen LogP contribution in [0.3, 0.4) is 0 Å². The van der Waals surface area contributed by atoms with Crippen molar-refractivity contribution in [1.82, 2.24) is 25.2 Å². The molecule has 2 fully saturated rings. The van der Waals surface area contributed by atoms with Gasteiger partial charge in [-0.25, -0.2) is 9.97 Å². The van der Waals surface area contributed by atoms with Gasteiger partial charge in [0.2, 0.25) is 0 Å². The lowest BCUT2D eigenvalue weighted by Crippen LogP contribution is -2.62. The molecule has 2 atom stereocenters. The molecule has 0 saturated carbocycles. The Bertz CT molecular complexity index is 767. The van der Waals surface area contributed by atoms with E-state index < -0.39 is 11.4 Å². The van der Waals surface area contributed by atoms with Crippen LogP contribution in [0, 0.1) is 5.41 Å². The summed E-state index contributed by atoms with van der Waals surface area (Å²) < 4.78 is 0. The molecule has 0 radical (unpaired) electrons. The number of hydrogen-bond acceptors (Lipinski definition) is 6. The zero-order chi connectivity index (χ0) is 18.0. The SMILES string of the molecule is O=C(O)C12CCCNC1CCN(Cc1cnc(-c3ccccn3)nc1)C2. The number of carboxylic acid groups (broad SMARTS) is 1. The van der Waals surface area contributed by atoms with E-state index in [1.807, 2.05) is 30.6 Å². The Labute approximate surface area is 152 Å². The van der Waals surface area contributed by atoms with Gasteiger partial charge in [0.05, 0.1) is 5.41 Å². The van der Waals surface area contributed by atoms with Crippen molar-refractivity contribution in [3.05, 3.63) is 42.4 Å². The van der Waals surface area contributed by atoms with Crippen molar-refractivity contribution < 1.29 is 9.90 Å². The Morgan fingerprint density at radius 3 is 2.88 bits per heavy atom. The number of pyridine rings is 1. The number of aromatic nitrogens is 3. The number of rotatable bonds is 4. The van der Waals surface area contributed by atoms with Crippen molar-refractivity contribution in [2.45, 2.75) is 31.8 Å². The number of nitrogens with one attached hydrogen (secondary N) is 1. The molecule has 0 spiro atoms. The molecule has 4 rings (SSSR count). The molecule has 2 N–H and O–H groups in total. The minimum Gasteiger partial charge on any atom is -0.481 e.